The van der Waals surface area contributed by atoms with Gasteiger partial charge in [0.15, 0.2) is 0 Å². The number of hydrogen-bond acceptors (Lipinski definition) is 6. The van der Waals surface area contributed by atoms with Crippen LogP contribution in [0.5, 0.6) is 0 Å². The van der Waals surface area contributed by atoms with Gasteiger partial charge in [-0.25, -0.2) is 4.98 Å². The lowest BCUT2D eigenvalue weighted by Crippen LogP contribution is -2.16. The van der Waals surface area contributed by atoms with Gasteiger partial charge in [0.1, 0.15) is 5.82 Å². The predicted molar refractivity (Wildman–Crippen MR) is 122 cm³/mol. The number of nitrogens with one attached hydrogen (secondary N) is 3. The van der Waals surface area contributed by atoms with Crippen LogP contribution >= 0.6 is 27.3 Å². The van der Waals surface area contributed by atoms with Crippen molar-refractivity contribution in [3.63, 3.8) is 0 Å². The molecule has 2 aromatic heterocycles. The highest BCUT2D eigenvalue weighted by Crippen LogP contribution is 2.30. The summed E-state index contributed by atoms with van der Waals surface area (Å²) >= 11 is 4.94. The van der Waals surface area contributed by atoms with E-state index in [1.165, 1.54) is 0 Å². The first-order valence-corrected chi connectivity index (χ1v) is 11.2. The summed E-state index contributed by atoms with van der Waals surface area (Å²) in [5.41, 5.74) is 2.29. The van der Waals surface area contributed by atoms with Crippen molar-refractivity contribution in [3.05, 3.63) is 56.8 Å². The Bertz CT molecular complexity index is 1080. The number of thiophene rings is 1. The lowest BCUT2D eigenvalue weighted by Gasteiger charge is -2.10. The smallest absolute Gasteiger partial charge is 0.231 e. The van der Waals surface area contributed by atoms with Crippen molar-refractivity contribution < 1.29 is 9.59 Å². The molecule has 1 aliphatic rings. The van der Waals surface area contributed by atoms with Crippen molar-refractivity contribution in [2.24, 2.45) is 5.92 Å². The van der Waals surface area contributed by atoms with Gasteiger partial charge in [0.05, 0.1) is 6.42 Å². The lowest BCUT2D eigenvalue weighted by atomic mass is 10.2. The molecule has 0 radical (unpaired) electrons. The van der Waals surface area contributed by atoms with Crippen molar-refractivity contribution >= 4 is 62.2 Å². The summed E-state index contributed by atoms with van der Waals surface area (Å²) in [4.78, 5) is 33.8. The molecule has 1 fully saturated rings. The van der Waals surface area contributed by atoms with Gasteiger partial charge in [-0.1, -0.05) is 0 Å². The Balaban J connectivity index is 1.36. The van der Waals surface area contributed by atoms with Crippen LogP contribution in [0.4, 0.5) is 23.1 Å². The molecule has 0 saturated heterocycles. The first-order valence-electron chi connectivity index (χ1n) is 9.51. The highest BCUT2D eigenvalue weighted by Gasteiger charge is 2.30. The zero-order chi connectivity index (χ0) is 21.1. The topological polar surface area (TPSA) is 96.0 Å². The summed E-state index contributed by atoms with van der Waals surface area (Å²) in [6.45, 7) is 1.85. The number of carbonyl (C=O) groups is 2. The summed E-state index contributed by atoms with van der Waals surface area (Å²) in [5.74, 6) is 0.899. The average molecular weight is 486 g/mol. The number of rotatable bonds is 7. The molecule has 30 heavy (non-hydrogen) atoms. The zero-order valence-electron chi connectivity index (χ0n) is 16.2. The van der Waals surface area contributed by atoms with Crippen LogP contribution in [0.25, 0.3) is 0 Å². The average Bonchev–Trinajstić information content (AvgIpc) is 3.46. The van der Waals surface area contributed by atoms with Gasteiger partial charge in [-0.15, -0.1) is 11.3 Å². The Hall–Kier alpha value is -2.78. The van der Waals surface area contributed by atoms with Gasteiger partial charge in [0.2, 0.25) is 17.8 Å². The molecule has 0 aliphatic heterocycles. The van der Waals surface area contributed by atoms with E-state index in [0.717, 1.165) is 39.3 Å². The molecule has 3 N–H and O–H groups in total. The molecule has 1 aliphatic carbocycles. The molecule has 0 spiro atoms. The van der Waals surface area contributed by atoms with Crippen molar-refractivity contribution in [2.45, 2.75) is 26.2 Å². The van der Waals surface area contributed by atoms with Crippen LogP contribution in [0.1, 0.15) is 23.4 Å². The molecule has 154 valence electrons. The van der Waals surface area contributed by atoms with Crippen LogP contribution < -0.4 is 16.0 Å². The summed E-state index contributed by atoms with van der Waals surface area (Å²) in [6, 6.07) is 11.1. The van der Waals surface area contributed by atoms with Gasteiger partial charge >= 0.3 is 0 Å². The van der Waals surface area contributed by atoms with Crippen LogP contribution in [-0.2, 0) is 16.0 Å². The molecule has 2 heterocycles. The number of aromatic nitrogens is 2. The minimum atomic E-state index is -0.0625. The second-order valence-corrected chi connectivity index (χ2v) is 9.05. The third-order valence-corrected chi connectivity index (χ3v) is 6.13. The van der Waals surface area contributed by atoms with Crippen molar-refractivity contribution in [1.29, 1.82) is 0 Å². The Morgan fingerprint density at radius 3 is 2.50 bits per heavy atom. The second-order valence-electron chi connectivity index (χ2n) is 7.14. The Morgan fingerprint density at radius 1 is 1.10 bits per heavy atom. The number of carbonyl (C=O) groups excluding carboxylic acids is 2. The highest BCUT2D eigenvalue weighted by molar-refractivity contribution is 9.10. The summed E-state index contributed by atoms with van der Waals surface area (Å²) in [7, 11) is 0. The maximum Gasteiger partial charge on any atom is 0.231 e. The number of aryl methyl sites for hydroxylation is 1. The number of benzene rings is 1. The fourth-order valence-corrected chi connectivity index (χ4v) is 4.29. The number of hydrogen-bond donors (Lipinski definition) is 3. The fourth-order valence-electron chi connectivity index (χ4n) is 2.84. The largest absolute Gasteiger partial charge is 0.340 e. The van der Waals surface area contributed by atoms with E-state index in [-0.39, 0.29) is 17.7 Å². The fraction of sp³-hybridized carbons (Fsp3) is 0.238. The number of nitrogens with zero attached hydrogens (tertiary/aromatic N) is 2. The van der Waals surface area contributed by atoms with E-state index in [2.05, 4.69) is 41.8 Å². The first kappa shape index (κ1) is 20.5. The molecule has 7 nitrogen and oxygen atoms in total. The van der Waals surface area contributed by atoms with Gasteiger partial charge in [0.25, 0.3) is 0 Å². The predicted octanol–water partition coefficient (Wildman–Crippen LogP) is 4.88. The van der Waals surface area contributed by atoms with Crippen LogP contribution in [0.2, 0.25) is 0 Å². The Kier molecular flexibility index (Phi) is 6.10. The lowest BCUT2D eigenvalue weighted by molar-refractivity contribution is -0.117. The van der Waals surface area contributed by atoms with E-state index in [0.29, 0.717) is 18.2 Å². The Labute approximate surface area is 186 Å². The molecule has 1 saturated carbocycles. The molecule has 0 unspecified atom stereocenters. The van der Waals surface area contributed by atoms with E-state index in [1.54, 1.807) is 11.3 Å². The van der Waals surface area contributed by atoms with Gasteiger partial charge in [0, 0.05) is 43.8 Å². The number of amides is 2. The molecule has 4 rings (SSSR count). The molecule has 9 heteroatoms. The third-order valence-electron chi connectivity index (χ3n) is 4.43. The number of halogens is 1. The van der Waals surface area contributed by atoms with Gasteiger partial charge in [-0.3, -0.25) is 14.9 Å². The maximum absolute atomic E-state index is 12.2. The molecule has 3 aromatic rings. The van der Waals surface area contributed by atoms with E-state index >= 15 is 0 Å². The third kappa shape index (κ3) is 5.64. The van der Waals surface area contributed by atoms with Crippen LogP contribution in [0, 0.1) is 12.8 Å². The molecule has 0 bridgehead atoms. The van der Waals surface area contributed by atoms with E-state index in [9.17, 15) is 9.59 Å². The standard InChI is InChI=1S/C21H20BrN5O2S/c1-12-8-18(26-21(23-12)27-20(29)13-2-3-13)24-15-4-6-16(7-5-15)25-19(28)10-17-9-14(22)11-30-17/h4-9,11,13H,2-3,10H2,1H3,(H,25,28)(H2,23,24,26,27,29). The SMILES string of the molecule is Cc1cc(Nc2ccc(NC(=O)Cc3cc(Br)cs3)cc2)nc(NC(=O)C2CC2)n1. The van der Waals surface area contributed by atoms with Gasteiger partial charge < -0.3 is 10.6 Å². The Morgan fingerprint density at radius 2 is 1.83 bits per heavy atom. The minimum absolute atomic E-state index is 0.0263. The summed E-state index contributed by atoms with van der Waals surface area (Å²) in [5, 5.41) is 10.8. The molecule has 1 aromatic carbocycles. The van der Waals surface area contributed by atoms with E-state index in [4.69, 9.17) is 0 Å². The number of anilines is 4. The van der Waals surface area contributed by atoms with Crippen molar-refractivity contribution in [2.75, 3.05) is 16.0 Å². The molecule has 2 amide bonds. The first-order chi connectivity index (χ1) is 14.4. The van der Waals surface area contributed by atoms with Gasteiger partial charge in [-0.05, 0) is 66.0 Å². The van der Waals surface area contributed by atoms with Crippen LogP contribution in [0.15, 0.2) is 46.3 Å². The normalized spacial score (nSPS) is 13.0. The molecular formula is C21H20BrN5O2S. The summed E-state index contributed by atoms with van der Waals surface area (Å²) in [6.07, 6.45) is 2.19. The molecule has 0 atom stereocenters. The maximum atomic E-state index is 12.2. The minimum Gasteiger partial charge on any atom is -0.340 e. The van der Waals surface area contributed by atoms with Gasteiger partial charge in [-0.2, -0.15) is 4.98 Å². The van der Waals surface area contributed by atoms with Crippen molar-refractivity contribution in [1.82, 2.24) is 9.97 Å². The monoisotopic (exact) mass is 485 g/mol. The zero-order valence-corrected chi connectivity index (χ0v) is 18.6. The van der Waals surface area contributed by atoms with Crippen LogP contribution in [-0.4, -0.2) is 21.8 Å². The molecular weight excluding hydrogens is 466 g/mol. The van der Waals surface area contributed by atoms with Crippen molar-refractivity contribution in [3.8, 4) is 0 Å². The highest BCUT2D eigenvalue weighted by atomic mass is 79.9. The van der Waals surface area contributed by atoms with E-state index < -0.39 is 0 Å². The van der Waals surface area contributed by atoms with Crippen LogP contribution in [0.3, 0.4) is 0 Å². The second kappa shape index (κ2) is 8.93. The summed E-state index contributed by atoms with van der Waals surface area (Å²) < 4.78 is 0.987. The quantitative estimate of drug-likeness (QED) is 0.442. The van der Waals surface area contributed by atoms with E-state index in [1.807, 2.05) is 48.7 Å².